The highest BCUT2D eigenvalue weighted by atomic mass is 35.5. The van der Waals surface area contributed by atoms with E-state index in [0.717, 1.165) is 16.9 Å². The van der Waals surface area contributed by atoms with Crippen LogP contribution in [0.3, 0.4) is 0 Å². The van der Waals surface area contributed by atoms with Crippen molar-refractivity contribution in [3.05, 3.63) is 64.7 Å². The first-order valence-corrected chi connectivity index (χ1v) is 7.50. The van der Waals surface area contributed by atoms with Gasteiger partial charge in [0.05, 0.1) is 0 Å². The van der Waals surface area contributed by atoms with Crippen molar-refractivity contribution in [2.45, 2.75) is 39.2 Å². The second kappa shape index (κ2) is 6.81. The van der Waals surface area contributed by atoms with E-state index in [1.807, 2.05) is 18.2 Å². The van der Waals surface area contributed by atoms with E-state index in [9.17, 15) is 0 Å². The van der Waals surface area contributed by atoms with E-state index >= 15 is 0 Å². The molecule has 2 heteroatoms. The topological polar surface area (TPSA) is 9.23 Å². The number of benzene rings is 2. The minimum absolute atomic E-state index is 0.507. The lowest BCUT2D eigenvalue weighted by Crippen LogP contribution is -2.00. The molecular formula is C18H21ClO. The van der Waals surface area contributed by atoms with E-state index in [-0.39, 0.29) is 0 Å². The molecular weight excluding hydrogens is 268 g/mol. The van der Waals surface area contributed by atoms with Crippen molar-refractivity contribution < 1.29 is 4.74 Å². The van der Waals surface area contributed by atoms with Crippen LogP contribution < -0.4 is 4.74 Å². The normalized spacial score (nSPS) is 10.8. The second-order valence-electron chi connectivity index (χ2n) is 5.43. The van der Waals surface area contributed by atoms with Gasteiger partial charge in [-0.25, -0.2) is 0 Å². The number of rotatable bonds is 5. The van der Waals surface area contributed by atoms with E-state index in [0.29, 0.717) is 18.4 Å². The van der Waals surface area contributed by atoms with Gasteiger partial charge in [0.15, 0.2) is 0 Å². The first kappa shape index (κ1) is 14.9. The smallest absolute Gasteiger partial charge is 0.120 e. The number of ether oxygens (including phenoxy) is 1. The summed E-state index contributed by atoms with van der Waals surface area (Å²) in [6, 6.07) is 14.5. The van der Waals surface area contributed by atoms with Gasteiger partial charge in [0.2, 0.25) is 0 Å². The summed E-state index contributed by atoms with van der Waals surface area (Å²) >= 11 is 5.95. The Morgan fingerprint density at radius 2 is 1.75 bits per heavy atom. The van der Waals surface area contributed by atoms with Gasteiger partial charge < -0.3 is 4.74 Å². The van der Waals surface area contributed by atoms with Crippen LogP contribution in [-0.4, -0.2) is 0 Å². The van der Waals surface area contributed by atoms with Crippen LogP contribution in [0.2, 0.25) is 0 Å². The van der Waals surface area contributed by atoms with Gasteiger partial charge in [0.25, 0.3) is 0 Å². The third kappa shape index (κ3) is 3.77. The Morgan fingerprint density at radius 1 is 1.05 bits per heavy atom. The summed E-state index contributed by atoms with van der Waals surface area (Å²) < 4.78 is 5.95. The molecule has 0 fully saturated rings. The average Bonchev–Trinajstić information content (AvgIpc) is 2.44. The zero-order valence-corrected chi connectivity index (χ0v) is 13.1. The third-order valence-corrected chi connectivity index (χ3v) is 3.68. The Labute approximate surface area is 126 Å². The van der Waals surface area contributed by atoms with Gasteiger partial charge in [-0.1, -0.05) is 44.2 Å². The van der Waals surface area contributed by atoms with Crippen molar-refractivity contribution in [1.82, 2.24) is 0 Å². The predicted octanol–water partition coefficient (Wildman–Crippen LogP) is 5.44. The van der Waals surface area contributed by atoms with Gasteiger partial charge in [-0.15, -0.1) is 11.6 Å². The summed E-state index contributed by atoms with van der Waals surface area (Å²) in [7, 11) is 0. The molecule has 0 heterocycles. The molecule has 2 rings (SSSR count). The molecule has 0 bridgehead atoms. The highest BCUT2D eigenvalue weighted by Crippen LogP contribution is 2.24. The fourth-order valence-electron chi connectivity index (χ4n) is 2.18. The van der Waals surface area contributed by atoms with Gasteiger partial charge in [-0.05, 0) is 47.2 Å². The summed E-state index contributed by atoms with van der Waals surface area (Å²) in [6.45, 7) is 7.05. The summed E-state index contributed by atoms with van der Waals surface area (Å²) in [5.41, 5.74) is 4.82. The molecule has 2 aromatic carbocycles. The van der Waals surface area contributed by atoms with Crippen LogP contribution in [0.1, 0.15) is 42.0 Å². The van der Waals surface area contributed by atoms with Crippen LogP contribution >= 0.6 is 11.6 Å². The molecule has 0 saturated heterocycles. The molecule has 0 saturated carbocycles. The van der Waals surface area contributed by atoms with Gasteiger partial charge >= 0.3 is 0 Å². The second-order valence-corrected chi connectivity index (χ2v) is 5.69. The first-order chi connectivity index (χ1) is 9.60. The minimum atomic E-state index is 0.507. The Balaban J connectivity index is 2.14. The molecule has 0 aliphatic rings. The number of alkyl halides is 1. The number of hydrogen-bond donors (Lipinski definition) is 0. The Bertz CT molecular complexity index is 575. The molecule has 20 heavy (non-hydrogen) atoms. The van der Waals surface area contributed by atoms with Crippen molar-refractivity contribution in [2.24, 2.45) is 0 Å². The van der Waals surface area contributed by atoms with E-state index in [4.69, 9.17) is 16.3 Å². The zero-order chi connectivity index (χ0) is 14.5. The van der Waals surface area contributed by atoms with Gasteiger partial charge in [-0.2, -0.15) is 0 Å². The quantitative estimate of drug-likeness (QED) is 0.666. The third-order valence-electron chi connectivity index (χ3n) is 3.40. The Morgan fingerprint density at radius 3 is 2.40 bits per heavy atom. The fraction of sp³-hybridized carbons (Fsp3) is 0.333. The summed E-state index contributed by atoms with van der Waals surface area (Å²) in [5, 5.41) is 0. The van der Waals surface area contributed by atoms with Crippen molar-refractivity contribution >= 4 is 11.6 Å². The number of aryl methyl sites for hydroxylation is 1. The van der Waals surface area contributed by atoms with Crippen LogP contribution in [-0.2, 0) is 12.5 Å². The van der Waals surface area contributed by atoms with Crippen LogP contribution in [0.25, 0.3) is 0 Å². The van der Waals surface area contributed by atoms with Crippen molar-refractivity contribution in [3.63, 3.8) is 0 Å². The number of hydrogen-bond acceptors (Lipinski definition) is 1. The van der Waals surface area contributed by atoms with Crippen LogP contribution in [0.15, 0.2) is 42.5 Å². The molecule has 2 aromatic rings. The average molecular weight is 289 g/mol. The lowest BCUT2D eigenvalue weighted by Gasteiger charge is -2.13. The van der Waals surface area contributed by atoms with E-state index in [2.05, 4.69) is 45.0 Å². The lowest BCUT2D eigenvalue weighted by atomic mass is 10.0. The number of halogens is 1. The van der Waals surface area contributed by atoms with Crippen molar-refractivity contribution in [2.75, 3.05) is 0 Å². The first-order valence-electron chi connectivity index (χ1n) is 6.97. The largest absolute Gasteiger partial charge is 0.489 e. The van der Waals surface area contributed by atoms with E-state index in [1.54, 1.807) is 0 Å². The van der Waals surface area contributed by atoms with Gasteiger partial charge in [-0.3, -0.25) is 0 Å². The maximum Gasteiger partial charge on any atom is 0.120 e. The molecule has 0 N–H and O–H groups in total. The maximum absolute atomic E-state index is 5.95. The van der Waals surface area contributed by atoms with Gasteiger partial charge in [0, 0.05) is 5.88 Å². The highest BCUT2D eigenvalue weighted by Gasteiger charge is 2.05. The standard InChI is InChI=1S/C18H21ClO/c1-13(2)17-8-14(3)9-18(10-17)20-12-16-7-5-4-6-15(16)11-19/h4-10,13H,11-12H2,1-3H3. The van der Waals surface area contributed by atoms with E-state index in [1.165, 1.54) is 11.1 Å². The molecule has 1 nitrogen and oxygen atoms in total. The molecule has 0 aromatic heterocycles. The monoisotopic (exact) mass is 288 g/mol. The molecule has 0 aliphatic carbocycles. The van der Waals surface area contributed by atoms with Crippen molar-refractivity contribution in [1.29, 1.82) is 0 Å². The Hall–Kier alpha value is -1.47. The molecule has 0 aliphatic heterocycles. The molecule has 0 amide bonds. The molecule has 0 spiro atoms. The van der Waals surface area contributed by atoms with Crippen molar-refractivity contribution in [3.8, 4) is 5.75 Å². The summed E-state index contributed by atoms with van der Waals surface area (Å²) in [4.78, 5) is 0. The SMILES string of the molecule is Cc1cc(OCc2ccccc2CCl)cc(C(C)C)c1. The molecule has 106 valence electrons. The molecule has 0 atom stereocenters. The predicted molar refractivity (Wildman–Crippen MR) is 85.6 cm³/mol. The Kier molecular flexibility index (Phi) is 5.08. The maximum atomic E-state index is 5.95. The van der Waals surface area contributed by atoms with Crippen LogP contribution in [0.4, 0.5) is 0 Å². The fourth-order valence-corrected chi connectivity index (χ4v) is 2.44. The minimum Gasteiger partial charge on any atom is -0.489 e. The van der Waals surface area contributed by atoms with Crippen LogP contribution in [0, 0.1) is 6.92 Å². The molecule has 0 unspecified atom stereocenters. The highest BCUT2D eigenvalue weighted by molar-refractivity contribution is 6.17. The van der Waals surface area contributed by atoms with Gasteiger partial charge in [0.1, 0.15) is 12.4 Å². The molecule has 0 radical (unpaired) electrons. The van der Waals surface area contributed by atoms with Crippen LogP contribution in [0.5, 0.6) is 5.75 Å². The van der Waals surface area contributed by atoms with E-state index < -0.39 is 0 Å². The summed E-state index contributed by atoms with van der Waals surface area (Å²) in [5.74, 6) is 1.95. The zero-order valence-electron chi connectivity index (χ0n) is 12.3. The lowest BCUT2D eigenvalue weighted by molar-refractivity contribution is 0.304. The summed E-state index contributed by atoms with van der Waals surface area (Å²) in [6.07, 6.45) is 0.